The molecule has 0 aliphatic carbocycles. The third-order valence-electron chi connectivity index (χ3n) is 2.74. The molecule has 17 heavy (non-hydrogen) atoms. The average molecular weight is 225 g/mol. The zero-order valence-electron chi connectivity index (χ0n) is 9.94. The summed E-state index contributed by atoms with van der Waals surface area (Å²) in [5.74, 6) is 1.43. The molecule has 0 saturated heterocycles. The van der Waals surface area contributed by atoms with Gasteiger partial charge in [-0.2, -0.15) is 0 Å². The maximum Gasteiger partial charge on any atom is 0.151 e. The van der Waals surface area contributed by atoms with Gasteiger partial charge in [0.15, 0.2) is 5.75 Å². The van der Waals surface area contributed by atoms with Crippen molar-refractivity contribution in [2.75, 3.05) is 11.9 Å². The number of nitrogens with zero attached hydrogens (tertiary/aromatic N) is 1. The van der Waals surface area contributed by atoms with Gasteiger partial charge in [0.1, 0.15) is 5.76 Å². The van der Waals surface area contributed by atoms with E-state index >= 15 is 0 Å². The van der Waals surface area contributed by atoms with Crippen LogP contribution >= 0.6 is 0 Å². The summed E-state index contributed by atoms with van der Waals surface area (Å²) in [4.78, 5) is 2.04. The zero-order valence-corrected chi connectivity index (χ0v) is 9.94. The second-order valence-electron chi connectivity index (χ2n) is 3.77. The van der Waals surface area contributed by atoms with Crippen LogP contribution in [0, 0.1) is 0 Å². The lowest BCUT2D eigenvalue weighted by Crippen LogP contribution is -2.25. The van der Waals surface area contributed by atoms with Crippen LogP contribution in [0.15, 0.2) is 61.5 Å². The molecule has 1 aliphatic heterocycles. The average Bonchev–Trinajstić information content (AvgIpc) is 2.33. The van der Waals surface area contributed by atoms with Gasteiger partial charge in [-0.3, -0.25) is 0 Å². The Bertz CT molecular complexity index is 526. The number of para-hydroxylation sites is 1. The first-order valence-electron chi connectivity index (χ1n) is 5.38. The van der Waals surface area contributed by atoms with E-state index in [0.717, 1.165) is 22.7 Å². The van der Waals surface area contributed by atoms with E-state index in [1.165, 1.54) is 0 Å². The first kappa shape index (κ1) is 11.3. The van der Waals surface area contributed by atoms with E-state index in [2.05, 4.69) is 19.7 Å². The van der Waals surface area contributed by atoms with Crippen molar-refractivity contribution in [2.24, 2.45) is 0 Å². The predicted octanol–water partition coefficient (Wildman–Crippen LogP) is 3.74. The molecular formula is C15H15NO. The maximum absolute atomic E-state index is 5.71. The topological polar surface area (TPSA) is 12.5 Å². The SMILES string of the molecule is C=C/C=C1\C(=C)Oc2cccc(C=C)c2N1C. The Kier molecular flexibility index (Phi) is 2.88. The largest absolute Gasteiger partial charge is 0.454 e. The van der Waals surface area contributed by atoms with Gasteiger partial charge >= 0.3 is 0 Å². The van der Waals surface area contributed by atoms with Gasteiger partial charge in [-0.05, 0) is 12.1 Å². The summed E-state index contributed by atoms with van der Waals surface area (Å²) < 4.78 is 5.71. The fraction of sp³-hybridized carbons (Fsp3) is 0.0667. The van der Waals surface area contributed by atoms with E-state index in [1.807, 2.05) is 42.3 Å². The molecule has 0 radical (unpaired) electrons. The lowest BCUT2D eigenvalue weighted by molar-refractivity contribution is 0.424. The number of ether oxygens (including phenoxy) is 1. The minimum absolute atomic E-state index is 0.626. The van der Waals surface area contributed by atoms with Gasteiger partial charge in [0.25, 0.3) is 0 Å². The van der Waals surface area contributed by atoms with Crippen LogP contribution in [0.3, 0.4) is 0 Å². The van der Waals surface area contributed by atoms with Crippen LogP contribution < -0.4 is 9.64 Å². The first-order chi connectivity index (χ1) is 8.19. The smallest absolute Gasteiger partial charge is 0.151 e. The molecule has 0 unspecified atom stereocenters. The molecule has 1 aromatic carbocycles. The molecule has 1 heterocycles. The number of likely N-dealkylation sites (N-methyl/N-ethyl adjacent to an activating group) is 1. The molecule has 0 fully saturated rings. The second-order valence-corrected chi connectivity index (χ2v) is 3.77. The molecule has 1 aromatic rings. The van der Waals surface area contributed by atoms with Crippen molar-refractivity contribution in [1.82, 2.24) is 0 Å². The maximum atomic E-state index is 5.71. The van der Waals surface area contributed by atoms with Crippen LogP contribution in [0.2, 0.25) is 0 Å². The molecule has 0 spiro atoms. The molecular weight excluding hydrogens is 210 g/mol. The van der Waals surface area contributed by atoms with Crippen LogP contribution in [-0.2, 0) is 0 Å². The summed E-state index contributed by atoms with van der Waals surface area (Å²) in [6.07, 6.45) is 5.42. The summed E-state index contributed by atoms with van der Waals surface area (Å²) >= 11 is 0. The normalized spacial score (nSPS) is 16.4. The molecule has 0 bridgehead atoms. The Morgan fingerprint density at radius 3 is 2.71 bits per heavy atom. The lowest BCUT2D eigenvalue weighted by Gasteiger charge is -2.32. The molecule has 2 rings (SSSR count). The Balaban J connectivity index is 2.63. The summed E-state index contributed by atoms with van der Waals surface area (Å²) in [7, 11) is 1.98. The van der Waals surface area contributed by atoms with Crippen molar-refractivity contribution in [3.8, 4) is 5.75 Å². The van der Waals surface area contributed by atoms with E-state index in [4.69, 9.17) is 4.74 Å². The van der Waals surface area contributed by atoms with E-state index in [-0.39, 0.29) is 0 Å². The van der Waals surface area contributed by atoms with Gasteiger partial charge in [-0.15, -0.1) is 0 Å². The number of fused-ring (bicyclic) bond motifs is 1. The van der Waals surface area contributed by atoms with E-state index in [0.29, 0.717) is 5.76 Å². The molecule has 0 aromatic heterocycles. The summed E-state index contributed by atoms with van der Waals surface area (Å²) in [5.41, 5.74) is 2.94. The number of hydrogen-bond donors (Lipinski definition) is 0. The van der Waals surface area contributed by atoms with E-state index in [1.54, 1.807) is 6.08 Å². The molecule has 2 heteroatoms. The number of hydrogen-bond acceptors (Lipinski definition) is 2. The van der Waals surface area contributed by atoms with Gasteiger partial charge in [0, 0.05) is 12.6 Å². The third-order valence-corrected chi connectivity index (χ3v) is 2.74. The summed E-state index contributed by atoms with van der Waals surface area (Å²) in [6, 6.07) is 5.87. The van der Waals surface area contributed by atoms with Gasteiger partial charge in [-0.25, -0.2) is 0 Å². The Labute approximate surface area is 102 Å². The highest BCUT2D eigenvalue weighted by Gasteiger charge is 2.24. The van der Waals surface area contributed by atoms with Crippen molar-refractivity contribution in [3.63, 3.8) is 0 Å². The molecule has 1 aliphatic rings. The standard InChI is InChI=1S/C15H15NO/c1-5-8-13-11(3)17-14-10-7-9-12(6-2)15(14)16(13)4/h5-10H,1-3H2,4H3/b13-8+. The number of benzene rings is 1. The van der Waals surface area contributed by atoms with Gasteiger partial charge in [0.2, 0.25) is 0 Å². The second kappa shape index (κ2) is 4.34. The summed E-state index contributed by atoms with van der Waals surface area (Å²) in [6.45, 7) is 11.4. The molecule has 0 atom stereocenters. The van der Waals surface area contributed by atoms with Crippen LogP contribution in [0.25, 0.3) is 6.08 Å². The monoisotopic (exact) mass is 225 g/mol. The Morgan fingerprint density at radius 1 is 1.29 bits per heavy atom. The van der Waals surface area contributed by atoms with E-state index in [9.17, 15) is 0 Å². The van der Waals surface area contributed by atoms with Crippen LogP contribution in [0.4, 0.5) is 5.69 Å². The van der Waals surface area contributed by atoms with E-state index < -0.39 is 0 Å². The number of allylic oxidation sites excluding steroid dienone is 2. The van der Waals surface area contributed by atoms with Crippen LogP contribution in [-0.4, -0.2) is 7.05 Å². The quantitative estimate of drug-likeness (QED) is 0.760. The van der Waals surface area contributed by atoms with Gasteiger partial charge in [-0.1, -0.05) is 44.0 Å². The minimum Gasteiger partial charge on any atom is -0.454 e. The molecule has 2 nitrogen and oxygen atoms in total. The van der Waals surface area contributed by atoms with Crippen molar-refractivity contribution < 1.29 is 4.74 Å². The van der Waals surface area contributed by atoms with Crippen molar-refractivity contribution in [2.45, 2.75) is 0 Å². The molecule has 0 N–H and O–H groups in total. The highest BCUT2D eigenvalue weighted by molar-refractivity contribution is 5.78. The Morgan fingerprint density at radius 2 is 2.06 bits per heavy atom. The number of anilines is 1. The fourth-order valence-electron chi connectivity index (χ4n) is 1.95. The molecule has 86 valence electrons. The Hall–Kier alpha value is -2.22. The zero-order chi connectivity index (χ0) is 12.4. The fourth-order valence-corrected chi connectivity index (χ4v) is 1.95. The first-order valence-corrected chi connectivity index (χ1v) is 5.38. The number of rotatable bonds is 2. The molecule has 0 saturated carbocycles. The lowest BCUT2D eigenvalue weighted by atomic mass is 10.1. The highest BCUT2D eigenvalue weighted by Crippen LogP contribution is 2.40. The van der Waals surface area contributed by atoms with Crippen LogP contribution in [0.1, 0.15) is 5.56 Å². The van der Waals surface area contributed by atoms with Crippen molar-refractivity contribution in [1.29, 1.82) is 0 Å². The van der Waals surface area contributed by atoms with Gasteiger partial charge < -0.3 is 9.64 Å². The molecule has 0 amide bonds. The van der Waals surface area contributed by atoms with Crippen LogP contribution in [0.5, 0.6) is 5.75 Å². The van der Waals surface area contributed by atoms with Crippen molar-refractivity contribution >= 4 is 11.8 Å². The highest BCUT2D eigenvalue weighted by atomic mass is 16.5. The van der Waals surface area contributed by atoms with Gasteiger partial charge in [0.05, 0.1) is 11.4 Å². The third kappa shape index (κ3) is 1.78. The summed E-state index contributed by atoms with van der Waals surface area (Å²) in [5, 5.41) is 0. The van der Waals surface area contributed by atoms with Crippen molar-refractivity contribution in [3.05, 3.63) is 67.1 Å². The minimum atomic E-state index is 0.626. The predicted molar refractivity (Wildman–Crippen MR) is 73.0 cm³/mol.